The van der Waals surface area contributed by atoms with E-state index in [0.717, 1.165) is 43.9 Å². The van der Waals surface area contributed by atoms with Crippen LogP contribution >= 0.6 is 0 Å². The third-order valence-electron chi connectivity index (χ3n) is 8.57. The molecule has 0 spiro atoms. The van der Waals surface area contributed by atoms with Gasteiger partial charge >= 0.3 is 5.97 Å². The summed E-state index contributed by atoms with van der Waals surface area (Å²) in [6, 6.07) is 19.8. The number of para-hydroxylation sites is 1. The van der Waals surface area contributed by atoms with Gasteiger partial charge in [-0.05, 0) is 66.8 Å². The number of fused-ring (bicyclic) bond motifs is 1. The molecule has 1 aliphatic heterocycles. The maximum Gasteiger partial charge on any atom is 0.338 e. The number of rotatable bonds is 7. The summed E-state index contributed by atoms with van der Waals surface area (Å²) < 4.78 is 56.4. The molecule has 1 saturated carbocycles. The molecule has 4 aromatic rings. The van der Waals surface area contributed by atoms with E-state index in [1.807, 2.05) is 35.2 Å². The Morgan fingerprint density at radius 2 is 1.79 bits per heavy atom. The van der Waals surface area contributed by atoms with E-state index in [1.165, 1.54) is 28.8 Å². The minimum absolute atomic E-state index is 0.0501. The van der Waals surface area contributed by atoms with Crippen LogP contribution in [0.1, 0.15) is 48.2 Å². The highest BCUT2D eigenvalue weighted by Gasteiger charge is 2.41. The van der Waals surface area contributed by atoms with E-state index < -0.39 is 27.4 Å². The summed E-state index contributed by atoms with van der Waals surface area (Å²) in [6.45, 7) is 0.503. The molecule has 1 fully saturated rings. The zero-order valence-electron chi connectivity index (χ0n) is 23.8. The molecule has 6 rings (SSSR count). The summed E-state index contributed by atoms with van der Waals surface area (Å²) in [4.78, 5) is 13.9. The Hall–Kier alpha value is -4.15. The molecular weight excluding hydrogens is 571 g/mol. The highest BCUT2D eigenvalue weighted by Crippen LogP contribution is 2.46. The van der Waals surface area contributed by atoms with Gasteiger partial charge in [-0.1, -0.05) is 43.5 Å². The third-order valence-corrected chi connectivity index (χ3v) is 10.5. The first-order chi connectivity index (χ1) is 20.7. The van der Waals surface area contributed by atoms with Gasteiger partial charge in [-0.25, -0.2) is 17.6 Å². The Morgan fingerprint density at radius 3 is 2.49 bits per heavy atom. The summed E-state index contributed by atoms with van der Waals surface area (Å²) in [7, 11) is -2.36. The third kappa shape index (κ3) is 5.64. The van der Waals surface area contributed by atoms with E-state index in [-0.39, 0.29) is 23.5 Å². The molecule has 0 bridgehead atoms. The Labute approximate surface area is 250 Å². The minimum atomic E-state index is -4.01. The molecule has 1 aromatic heterocycles. The lowest BCUT2D eigenvalue weighted by Crippen LogP contribution is -2.46. The van der Waals surface area contributed by atoms with Crippen LogP contribution in [0.25, 0.3) is 11.1 Å². The number of sulfonamides is 1. The normalized spacial score (nSPS) is 19.0. The molecule has 1 atom stereocenters. The number of likely N-dealkylation sites (N-methyl/N-ethyl adjacent to an activating group) is 1. The van der Waals surface area contributed by atoms with Crippen LogP contribution in [-0.2, 0) is 16.6 Å². The van der Waals surface area contributed by atoms with E-state index in [4.69, 9.17) is 9.15 Å². The van der Waals surface area contributed by atoms with Crippen molar-refractivity contribution in [3.05, 3.63) is 96.2 Å². The number of aromatic carboxylic acids is 1. The lowest BCUT2D eigenvalue weighted by Gasteiger charge is -2.36. The van der Waals surface area contributed by atoms with Crippen molar-refractivity contribution in [1.29, 1.82) is 0 Å². The zero-order chi connectivity index (χ0) is 30.1. The molecule has 10 heteroatoms. The second-order valence-corrected chi connectivity index (χ2v) is 13.1. The number of anilines is 2. The predicted molar refractivity (Wildman–Crippen MR) is 161 cm³/mol. The molecule has 1 N–H and O–H groups in total. The Balaban J connectivity index is 1.57. The zero-order valence-corrected chi connectivity index (χ0v) is 24.6. The quantitative estimate of drug-likeness (QED) is 0.241. The van der Waals surface area contributed by atoms with Gasteiger partial charge in [0, 0.05) is 37.0 Å². The van der Waals surface area contributed by atoms with Crippen molar-refractivity contribution in [2.24, 2.45) is 5.92 Å². The van der Waals surface area contributed by atoms with Crippen LogP contribution in [0.4, 0.5) is 15.8 Å². The first-order valence-electron chi connectivity index (χ1n) is 14.4. The molecule has 43 heavy (non-hydrogen) atoms. The van der Waals surface area contributed by atoms with Gasteiger partial charge in [-0.15, -0.1) is 0 Å². The number of benzene rings is 3. The van der Waals surface area contributed by atoms with Gasteiger partial charge in [0.15, 0.2) is 0 Å². The van der Waals surface area contributed by atoms with E-state index in [0.29, 0.717) is 34.9 Å². The maximum absolute atomic E-state index is 14.4. The van der Waals surface area contributed by atoms with Gasteiger partial charge in [0.1, 0.15) is 28.8 Å². The highest BCUT2D eigenvalue weighted by molar-refractivity contribution is 7.89. The second kappa shape index (κ2) is 11.9. The number of carboxylic acid groups (broad SMARTS) is 1. The summed E-state index contributed by atoms with van der Waals surface area (Å²) in [5.74, 6) is -1.24. The maximum atomic E-state index is 14.4. The van der Waals surface area contributed by atoms with Crippen molar-refractivity contribution < 1.29 is 31.9 Å². The van der Waals surface area contributed by atoms with Gasteiger partial charge in [0.25, 0.3) is 0 Å². The van der Waals surface area contributed by atoms with Gasteiger partial charge in [-0.2, -0.15) is 4.31 Å². The number of ether oxygens (including phenoxy) is 1. The fourth-order valence-corrected chi connectivity index (χ4v) is 7.87. The van der Waals surface area contributed by atoms with E-state index >= 15 is 0 Å². The Kier molecular flexibility index (Phi) is 7.98. The van der Waals surface area contributed by atoms with Crippen LogP contribution in [0.5, 0.6) is 5.75 Å². The van der Waals surface area contributed by atoms with Crippen LogP contribution in [-0.4, -0.2) is 43.4 Å². The average Bonchev–Trinajstić information content (AvgIpc) is 3.52. The standard InChI is InChI=1S/C33H33FN2O6S/c1-35-30(22-9-4-2-5-10-22)20-36(24-11-6-3-7-12-24)29-19-31(42-21-25-13-8-16-41-25)26(18-32(29)43(35,39)40)23-14-15-28(34)27(17-23)33(37)38/h3,6-8,11-19,22,30H,2,4-5,9-10,20-21H2,1H3,(H,37,38)/t30-/m0/s1. The SMILES string of the molecule is CN1[C@H](C2CCCCC2)CN(c2ccccc2)c2cc(OCc3ccco3)c(-c3ccc(F)c(C(=O)O)c3)cc2S1(=O)=O. The monoisotopic (exact) mass is 604 g/mol. The molecule has 3 aromatic carbocycles. The van der Waals surface area contributed by atoms with Crippen LogP contribution in [0.3, 0.4) is 0 Å². The van der Waals surface area contributed by atoms with Crippen LogP contribution in [0, 0.1) is 11.7 Å². The number of hydrogen-bond donors (Lipinski definition) is 1. The second-order valence-electron chi connectivity index (χ2n) is 11.1. The summed E-state index contributed by atoms with van der Waals surface area (Å²) in [5, 5.41) is 9.60. The average molecular weight is 605 g/mol. The van der Waals surface area contributed by atoms with Crippen molar-refractivity contribution in [1.82, 2.24) is 4.31 Å². The van der Waals surface area contributed by atoms with Gasteiger partial charge < -0.3 is 19.2 Å². The lowest BCUT2D eigenvalue weighted by molar-refractivity contribution is 0.0692. The van der Waals surface area contributed by atoms with Crippen LogP contribution < -0.4 is 9.64 Å². The minimum Gasteiger partial charge on any atom is -0.485 e. The molecule has 0 unspecified atom stereocenters. The van der Waals surface area contributed by atoms with Crippen molar-refractivity contribution in [3.63, 3.8) is 0 Å². The van der Waals surface area contributed by atoms with Crippen molar-refractivity contribution in [2.45, 2.75) is 49.6 Å². The molecule has 2 aliphatic rings. The summed E-state index contributed by atoms with van der Waals surface area (Å²) in [6.07, 6.45) is 6.73. The number of hydrogen-bond acceptors (Lipinski definition) is 6. The predicted octanol–water partition coefficient (Wildman–Crippen LogP) is 7.08. The van der Waals surface area contributed by atoms with Crippen molar-refractivity contribution >= 4 is 27.4 Å². The highest BCUT2D eigenvalue weighted by atomic mass is 32.2. The summed E-state index contributed by atoms with van der Waals surface area (Å²) in [5.41, 5.74) is 1.42. The Bertz CT molecular complexity index is 1720. The van der Waals surface area contributed by atoms with Crippen LogP contribution in [0.15, 0.2) is 88.4 Å². The van der Waals surface area contributed by atoms with E-state index in [9.17, 15) is 22.7 Å². The number of furan rings is 1. The topological polar surface area (TPSA) is 100 Å². The smallest absolute Gasteiger partial charge is 0.338 e. The molecule has 0 radical (unpaired) electrons. The number of carbonyl (C=O) groups is 1. The summed E-state index contributed by atoms with van der Waals surface area (Å²) >= 11 is 0. The van der Waals surface area contributed by atoms with Crippen molar-refractivity contribution in [2.75, 3.05) is 18.5 Å². The molecule has 2 heterocycles. The fraction of sp³-hybridized carbons (Fsp3) is 0.303. The molecular formula is C33H33FN2O6S. The fourth-order valence-electron chi connectivity index (χ4n) is 6.26. The van der Waals surface area contributed by atoms with E-state index in [2.05, 4.69) is 0 Å². The lowest BCUT2D eigenvalue weighted by atomic mass is 9.83. The van der Waals surface area contributed by atoms with Gasteiger partial charge in [-0.3, -0.25) is 0 Å². The van der Waals surface area contributed by atoms with Crippen LogP contribution in [0.2, 0.25) is 0 Å². The molecule has 0 amide bonds. The molecule has 1 aliphatic carbocycles. The number of halogens is 1. The number of nitrogens with zero attached hydrogens (tertiary/aromatic N) is 2. The van der Waals surface area contributed by atoms with Gasteiger partial charge in [0.05, 0.1) is 17.5 Å². The van der Waals surface area contributed by atoms with Crippen molar-refractivity contribution in [3.8, 4) is 16.9 Å². The first-order valence-corrected chi connectivity index (χ1v) is 15.8. The first kappa shape index (κ1) is 28.9. The van der Waals surface area contributed by atoms with E-state index in [1.54, 1.807) is 25.2 Å². The Morgan fingerprint density at radius 1 is 1.02 bits per heavy atom. The van der Waals surface area contributed by atoms with Gasteiger partial charge in [0.2, 0.25) is 10.0 Å². The molecule has 8 nitrogen and oxygen atoms in total. The molecule has 224 valence electrons. The number of carboxylic acids is 1. The largest absolute Gasteiger partial charge is 0.485 e. The molecule has 0 saturated heterocycles.